The van der Waals surface area contributed by atoms with Crippen LogP contribution < -0.4 is 10.9 Å². The molecular weight excluding hydrogens is 536 g/mol. The van der Waals surface area contributed by atoms with Crippen molar-refractivity contribution in [3.8, 4) is 0 Å². The van der Waals surface area contributed by atoms with E-state index < -0.39 is 52.4 Å². The molecule has 16 nitrogen and oxygen atoms in total. The number of ether oxygens (including phenoxy) is 2. The number of hydrogen-bond donors (Lipinski definition) is 6. The maximum Gasteiger partial charge on any atom is 0.481 e. The molecule has 0 saturated carbocycles. The van der Waals surface area contributed by atoms with E-state index in [2.05, 4.69) is 29.1 Å². The molecular formula is C19H25N5O11P2. The molecule has 4 rings (SSSR count). The van der Waals surface area contributed by atoms with Crippen molar-refractivity contribution in [2.45, 2.75) is 31.0 Å². The Bertz CT molecular complexity index is 1380. The van der Waals surface area contributed by atoms with Crippen molar-refractivity contribution in [3.63, 3.8) is 0 Å². The minimum Gasteiger partial charge on any atom is -0.386 e. The fraction of sp³-hybridized carbons (Fsp3) is 0.421. The van der Waals surface area contributed by atoms with Gasteiger partial charge >= 0.3 is 15.6 Å². The monoisotopic (exact) mass is 561 g/mol. The minimum atomic E-state index is -5.32. The number of rotatable bonds is 11. The number of aliphatic hydroxyl groups excluding tert-OH is 1. The predicted molar refractivity (Wildman–Crippen MR) is 126 cm³/mol. The Morgan fingerprint density at radius 3 is 2.62 bits per heavy atom. The predicted octanol–water partition coefficient (Wildman–Crippen LogP) is 0.274. The second-order valence-electron chi connectivity index (χ2n) is 7.99. The number of nitrogens with one attached hydrogen (secondary N) is 2. The van der Waals surface area contributed by atoms with Crippen molar-refractivity contribution >= 4 is 32.8 Å². The Balaban J connectivity index is 1.51. The minimum absolute atomic E-state index is 0.0204. The summed E-state index contributed by atoms with van der Waals surface area (Å²) in [5.74, 6) is 0.168. The van der Waals surface area contributed by atoms with E-state index in [1.54, 1.807) is 0 Å². The van der Waals surface area contributed by atoms with Crippen molar-refractivity contribution in [1.29, 1.82) is 0 Å². The molecule has 18 heteroatoms. The molecule has 3 unspecified atom stereocenters. The molecule has 0 amide bonds. The molecule has 2 aromatic heterocycles. The zero-order valence-corrected chi connectivity index (χ0v) is 21.1. The number of benzene rings is 1. The van der Waals surface area contributed by atoms with Crippen LogP contribution in [0, 0.1) is 0 Å². The van der Waals surface area contributed by atoms with E-state index >= 15 is 0 Å². The highest BCUT2D eigenvalue weighted by Crippen LogP contribution is 2.57. The first-order valence-corrected chi connectivity index (χ1v) is 13.9. The molecule has 3 aromatic rings. The van der Waals surface area contributed by atoms with Crippen LogP contribution in [-0.4, -0.2) is 77.9 Å². The number of imidazole rings is 1. The summed E-state index contributed by atoms with van der Waals surface area (Å²) in [5, 5.41) is 13.8. The smallest absolute Gasteiger partial charge is 0.386 e. The summed E-state index contributed by atoms with van der Waals surface area (Å²) in [6.45, 7) is -0.259. The Kier molecular flexibility index (Phi) is 8.26. The second-order valence-corrected chi connectivity index (χ2v) is 10.8. The number of hydrogen-bond acceptors (Lipinski definition) is 11. The number of nitrogens with zero attached hydrogens (tertiary/aromatic N) is 3. The van der Waals surface area contributed by atoms with Crippen LogP contribution in [0.4, 0.5) is 5.95 Å². The maximum absolute atomic E-state index is 12.6. The van der Waals surface area contributed by atoms with Gasteiger partial charge in [0, 0.05) is 13.7 Å². The number of phosphoric acid groups is 2. The van der Waals surface area contributed by atoms with E-state index in [-0.39, 0.29) is 17.1 Å². The lowest BCUT2D eigenvalue weighted by atomic mass is 10.1. The van der Waals surface area contributed by atoms with Crippen LogP contribution in [0.15, 0.2) is 41.5 Å². The quantitative estimate of drug-likeness (QED) is 0.173. The first-order valence-electron chi connectivity index (χ1n) is 10.8. The van der Waals surface area contributed by atoms with Gasteiger partial charge in [0.25, 0.3) is 5.56 Å². The highest BCUT2D eigenvalue weighted by molar-refractivity contribution is 7.60. The number of H-pyrrole nitrogens is 1. The Morgan fingerprint density at radius 2 is 1.95 bits per heavy atom. The summed E-state index contributed by atoms with van der Waals surface area (Å²) in [6, 6.07) is 9.68. The van der Waals surface area contributed by atoms with Gasteiger partial charge < -0.3 is 34.6 Å². The third kappa shape index (κ3) is 6.69. The normalized spacial score (nSPS) is 23.8. The Morgan fingerprint density at radius 1 is 1.22 bits per heavy atom. The molecule has 202 valence electrons. The zero-order valence-electron chi connectivity index (χ0n) is 19.3. The van der Waals surface area contributed by atoms with Gasteiger partial charge in [-0.25, -0.2) is 14.1 Å². The molecule has 1 fully saturated rings. The van der Waals surface area contributed by atoms with Gasteiger partial charge in [0.1, 0.15) is 18.3 Å². The lowest BCUT2D eigenvalue weighted by Crippen LogP contribution is -2.35. The summed E-state index contributed by atoms with van der Waals surface area (Å²) in [7, 11) is -9.22. The zero-order chi connectivity index (χ0) is 26.8. The van der Waals surface area contributed by atoms with E-state index in [0.717, 1.165) is 5.56 Å². The topological polar surface area (TPSA) is 228 Å². The number of phosphoric ester groups is 1. The van der Waals surface area contributed by atoms with Gasteiger partial charge in [-0.05, 0) is 12.0 Å². The van der Waals surface area contributed by atoms with Gasteiger partial charge in [-0.1, -0.05) is 30.3 Å². The van der Waals surface area contributed by atoms with Gasteiger partial charge in [0.05, 0.1) is 12.9 Å². The molecule has 37 heavy (non-hydrogen) atoms. The highest BCUT2D eigenvalue weighted by Gasteiger charge is 2.47. The number of fused-ring (bicyclic) bond motifs is 1. The summed E-state index contributed by atoms with van der Waals surface area (Å²) >= 11 is 0. The molecule has 0 aliphatic carbocycles. The van der Waals surface area contributed by atoms with Gasteiger partial charge in [0.2, 0.25) is 5.95 Å². The van der Waals surface area contributed by atoms with Crippen molar-refractivity contribution in [2.75, 3.05) is 25.6 Å². The summed E-state index contributed by atoms with van der Waals surface area (Å²) < 4.78 is 43.3. The molecule has 1 saturated heterocycles. The first kappa shape index (κ1) is 27.5. The molecule has 0 bridgehead atoms. The molecule has 1 aromatic carbocycles. The van der Waals surface area contributed by atoms with Crippen molar-refractivity contribution in [2.24, 2.45) is 0 Å². The number of methoxy groups -OCH3 is 1. The van der Waals surface area contributed by atoms with Gasteiger partial charge in [-0.15, -0.1) is 0 Å². The van der Waals surface area contributed by atoms with E-state index in [1.807, 2.05) is 30.3 Å². The van der Waals surface area contributed by atoms with Crippen LogP contribution in [0.25, 0.3) is 11.2 Å². The molecule has 6 N–H and O–H groups in total. The number of aromatic nitrogens is 4. The second kappa shape index (κ2) is 11.1. The van der Waals surface area contributed by atoms with Gasteiger partial charge in [-0.3, -0.25) is 18.9 Å². The third-order valence-electron chi connectivity index (χ3n) is 5.45. The van der Waals surface area contributed by atoms with Crippen LogP contribution in [0.5, 0.6) is 0 Å². The first-order chi connectivity index (χ1) is 17.5. The fourth-order valence-corrected chi connectivity index (χ4v) is 5.47. The fourth-order valence-electron chi connectivity index (χ4n) is 3.87. The van der Waals surface area contributed by atoms with Crippen LogP contribution >= 0.6 is 15.6 Å². The molecule has 5 atom stereocenters. The molecule has 1 aliphatic rings. The Labute approximate surface area is 209 Å². The van der Waals surface area contributed by atoms with Crippen molar-refractivity contribution < 1.29 is 47.2 Å². The van der Waals surface area contributed by atoms with E-state index in [1.165, 1.54) is 18.0 Å². The number of aromatic amines is 1. The average molecular weight is 561 g/mol. The standard InChI is InChI=1S/C19H25N5O11P2/c1-32-15-12(9-33-37(30,31)35-36(27,28)29)34-18(14(15)25)24-10-21-13-16(24)22-19(23-17(13)26)20-8-7-11-5-3-2-4-6-11/h2-6,10,12,14-15,18,25H,7-9H2,1H3,(H,30,31)(H2,27,28,29)(H2,20,22,23,26)/t12-,14?,15?,18-/m1/s1. The lowest BCUT2D eigenvalue weighted by molar-refractivity contribution is -0.0526. The highest BCUT2D eigenvalue weighted by atomic mass is 31.3. The third-order valence-corrected chi connectivity index (χ3v) is 7.60. The molecule has 0 spiro atoms. The van der Waals surface area contributed by atoms with Gasteiger partial charge in [-0.2, -0.15) is 9.29 Å². The SMILES string of the molecule is COC1C(O)[C@H](n2cnc3c(=O)[nH]c(NCCc4ccccc4)nc32)O[C@@H]1COP(=O)(O)OP(=O)(O)O. The van der Waals surface area contributed by atoms with Crippen LogP contribution in [0.3, 0.4) is 0 Å². The van der Waals surface area contributed by atoms with Gasteiger partial charge in [0.15, 0.2) is 17.4 Å². The van der Waals surface area contributed by atoms with E-state index in [4.69, 9.17) is 19.3 Å². The molecule has 1 aliphatic heterocycles. The summed E-state index contributed by atoms with van der Waals surface area (Å²) in [5.41, 5.74) is 0.623. The molecule has 0 radical (unpaired) electrons. The van der Waals surface area contributed by atoms with Crippen molar-refractivity contribution in [1.82, 2.24) is 19.5 Å². The van der Waals surface area contributed by atoms with Crippen molar-refractivity contribution in [3.05, 3.63) is 52.6 Å². The summed E-state index contributed by atoms with van der Waals surface area (Å²) in [6.07, 6.45) is -2.93. The lowest BCUT2D eigenvalue weighted by Gasteiger charge is -2.19. The average Bonchev–Trinajstić information content (AvgIpc) is 3.37. The van der Waals surface area contributed by atoms with Crippen LogP contribution in [0.1, 0.15) is 11.8 Å². The number of anilines is 1. The summed E-state index contributed by atoms with van der Waals surface area (Å²) in [4.78, 5) is 50.6. The molecule has 3 heterocycles. The Hall–Kier alpha value is -2.49. The van der Waals surface area contributed by atoms with Crippen LogP contribution in [0.2, 0.25) is 0 Å². The number of aliphatic hydroxyl groups is 1. The van der Waals surface area contributed by atoms with E-state index in [9.17, 15) is 23.9 Å². The maximum atomic E-state index is 12.6. The van der Waals surface area contributed by atoms with E-state index in [0.29, 0.717) is 13.0 Å². The largest absolute Gasteiger partial charge is 0.481 e. The van der Waals surface area contributed by atoms with Crippen LogP contribution in [-0.2, 0) is 33.9 Å².